The molecule has 5 saturated heterocycles. The summed E-state index contributed by atoms with van der Waals surface area (Å²) in [6.45, 7) is 8.33. The molecule has 7 heterocycles. The maximum atomic E-state index is 13.3. The number of hydrogen-bond acceptors (Lipinski definition) is 13. The maximum Gasteiger partial charge on any atom is 0.329 e. The summed E-state index contributed by atoms with van der Waals surface area (Å²) < 4.78 is 3.14. The Morgan fingerprint density at radius 1 is 0.885 bits per heavy atom. The number of likely N-dealkylation sites (tertiary alicyclic amines) is 1. The van der Waals surface area contributed by atoms with Crippen LogP contribution in [0, 0.1) is 5.92 Å². The second-order valence-corrected chi connectivity index (χ2v) is 17.7. The molecule has 5 aliphatic heterocycles. The summed E-state index contributed by atoms with van der Waals surface area (Å²) in [5.74, 6) is 0.779. The number of nitrogens with two attached hydrogens (primary N) is 1. The van der Waals surface area contributed by atoms with Crippen LogP contribution in [0.1, 0.15) is 79.4 Å². The number of carbonyl (C=O) groups is 3. The van der Waals surface area contributed by atoms with Crippen LogP contribution in [0.25, 0.3) is 11.0 Å². The standard InChI is InChI=1S/C44H58N12O5/c1-50-22-23-55(43(50)60)33-4-3-17-54(27-33)37-25-46-39(40(45)58)41(48-37)47-31-7-5-29(6-8-31)30-15-18-52(19-16-30)26-28-13-20-53(21-14-28)32-9-10-34-36(24-32)51(2)44(61)56(34)35-11-12-38(57)49-42(35)59/h5-10,24-25,28,30,33,35,43,60H,3-4,11-23,26-27H2,1-2H3,(H2,45,58)(H,47,48)(H,49,57,59). The molecule has 5 aliphatic rings. The summed E-state index contributed by atoms with van der Waals surface area (Å²) in [6, 6.07) is 14.0. The molecule has 0 aliphatic carbocycles. The highest BCUT2D eigenvalue weighted by Gasteiger charge is 2.36. The van der Waals surface area contributed by atoms with Crippen LogP contribution in [0.3, 0.4) is 0 Å². The van der Waals surface area contributed by atoms with Gasteiger partial charge in [0.05, 0.1) is 17.2 Å². The Hall–Kier alpha value is -5.36. The monoisotopic (exact) mass is 834 g/mol. The molecule has 9 rings (SSSR count). The minimum absolute atomic E-state index is 0.102. The second-order valence-electron chi connectivity index (χ2n) is 17.7. The van der Waals surface area contributed by atoms with E-state index in [0.29, 0.717) is 35.4 Å². The maximum absolute atomic E-state index is 13.3. The number of nitrogens with one attached hydrogen (secondary N) is 2. The van der Waals surface area contributed by atoms with E-state index < -0.39 is 24.2 Å². The molecule has 3 amide bonds. The molecule has 2 aromatic carbocycles. The Morgan fingerprint density at radius 2 is 1.66 bits per heavy atom. The van der Waals surface area contributed by atoms with E-state index in [4.69, 9.17) is 10.7 Å². The number of aromatic nitrogens is 4. The summed E-state index contributed by atoms with van der Waals surface area (Å²) in [6.07, 6.45) is 7.97. The number of nitrogens with zero attached hydrogens (tertiary/aromatic N) is 9. The van der Waals surface area contributed by atoms with Crippen molar-refractivity contribution in [1.29, 1.82) is 0 Å². The Labute approximate surface area is 355 Å². The first-order valence-electron chi connectivity index (χ1n) is 22.0. The number of aliphatic hydroxyl groups is 1. The lowest BCUT2D eigenvalue weighted by Crippen LogP contribution is -2.51. The molecule has 17 heteroatoms. The fourth-order valence-electron chi connectivity index (χ4n) is 10.3. The van der Waals surface area contributed by atoms with Gasteiger partial charge in [0.1, 0.15) is 11.9 Å². The summed E-state index contributed by atoms with van der Waals surface area (Å²) >= 11 is 0. The van der Waals surface area contributed by atoms with E-state index in [-0.39, 0.29) is 29.8 Å². The van der Waals surface area contributed by atoms with E-state index in [0.717, 1.165) is 114 Å². The molecule has 0 radical (unpaired) electrons. The predicted molar refractivity (Wildman–Crippen MR) is 233 cm³/mol. The average molecular weight is 835 g/mol. The number of imide groups is 1. The number of aryl methyl sites for hydroxylation is 1. The van der Waals surface area contributed by atoms with E-state index in [9.17, 15) is 24.3 Å². The van der Waals surface area contributed by atoms with Crippen molar-refractivity contribution in [3.63, 3.8) is 0 Å². The number of aliphatic hydroxyl groups excluding tert-OH is 1. The van der Waals surface area contributed by atoms with Crippen molar-refractivity contribution in [2.45, 2.75) is 75.7 Å². The zero-order valence-corrected chi connectivity index (χ0v) is 35.2. The van der Waals surface area contributed by atoms with Crippen molar-refractivity contribution >= 4 is 51.8 Å². The minimum Gasteiger partial charge on any atom is -0.371 e. The van der Waals surface area contributed by atoms with Crippen LogP contribution in [0.5, 0.6) is 0 Å². The number of hydrogen-bond donors (Lipinski definition) is 4. The fraction of sp³-hybridized carbons (Fsp3) is 0.545. The summed E-state index contributed by atoms with van der Waals surface area (Å²) in [7, 11) is 3.68. The third kappa shape index (κ3) is 8.35. The number of rotatable bonds is 10. The largest absolute Gasteiger partial charge is 0.371 e. The summed E-state index contributed by atoms with van der Waals surface area (Å²) in [4.78, 5) is 70.6. The molecule has 4 aromatic rings. The highest BCUT2D eigenvalue weighted by molar-refractivity contribution is 6.00. The second kappa shape index (κ2) is 17.2. The quantitative estimate of drug-likeness (QED) is 0.171. The van der Waals surface area contributed by atoms with Crippen molar-refractivity contribution in [1.82, 2.24) is 39.1 Å². The molecular formula is C44H58N12O5. The zero-order valence-electron chi connectivity index (χ0n) is 35.2. The number of imidazole rings is 1. The van der Waals surface area contributed by atoms with Crippen molar-refractivity contribution in [3.05, 3.63) is 70.4 Å². The molecule has 3 atom stereocenters. The molecule has 2 aromatic heterocycles. The van der Waals surface area contributed by atoms with E-state index in [1.165, 1.54) is 10.1 Å². The highest BCUT2D eigenvalue weighted by atomic mass is 16.3. The average Bonchev–Trinajstić information content (AvgIpc) is 3.73. The molecule has 324 valence electrons. The third-order valence-electron chi connectivity index (χ3n) is 13.9. The number of anilines is 4. The molecular weight excluding hydrogens is 777 g/mol. The van der Waals surface area contributed by atoms with Gasteiger partial charge < -0.3 is 30.9 Å². The van der Waals surface area contributed by atoms with Crippen LogP contribution in [0.2, 0.25) is 0 Å². The van der Waals surface area contributed by atoms with Crippen molar-refractivity contribution < 1.29 is 19.5 Å². The van der Waals surface area contributed by atoms with Crippen LogP contribution < -0.4 is 31.9 Å². The van der Waals surface area contributed by atoms with E-state index in [1.54, 1.807) is 17.8 Å². The Morgan fingerprint density at radius 3 is 2.36 bits per heavy atom. The van der Waals surface area contributed by atoms with E-state index in [2.05, 4.69) is 59.5 Å². The molecule has 5 N–H and O–H groups in total. The number of fused-ring (bicyclic) bond motifs is 1. The Bertz CT molecular complexity index is 2330. The van der Waals surface area contributed by atoms with Gasteiger partial charge in [-0.05, 0) is 113 Å². The molecule has 5 fully saturated rings. The normalized spacial score (nSPS) is 24.1. The van der Waals surface area contributed by atoms with Crippen LogP contribution in [-0.4, -0.2) is 135 Å². The van der Waals surface area contributed by atoms with Gasteiger partial charge >= 0.3 is 5.69 Å². The Balaban J connectivity index is 0.765. The lowest BCUT2D eigenvalue weighted by atomic mass is 9.88. The molecule has 0 bridgehead atoms. The summed E-state index contributed by atoms with van der Waals surface area (Å²) in [5, 5.41) is 16.4. The van der Waals surface area contributed by atoms with Gasteiger partial charge in [0.2, 0.25) is 11.8 Å². The van der Waals surface area contributed by atoms with Crippen LogP contribution in [0.4, 0.5) is 23.0 Å². The molecule has 61 heavy (non-hydrogen) atoms. The first-order valence-corrected chi connectivity index (χ1v) is 22.0. The number of primary amides is 1. The number of carbonyl (C=O) groups excluding carboxylic acids is 3. The van der Waals surface area contributed by atoms with Gasteiger partial charge in [-0.1, -0.05) is 12.1 Å². The first kappa shape index (κ1) is 41.0. The van der Waals surface area contributed by atoms with Gasteiger partial charge in [-0.3, -0.25) is 38.6 Å². The number of amides is 3. The molecule has 17 nitrogen and oxygen atoms in total. The van der Waals surface area contributed by atoms with Gasteiger partial charge in [-0.25, -0.2) is 14.8 Å². The first-order chi connectivity index (χ1) is 29.5. The SMILES string of the molecule is CN1CCN(C2CCCN(c3cnc(C(N)=O)c(Nc4ccc(C5CCN(CC6CCN(c7ccc8c(c7)n(C)c(=O)n8C7CCC(=O)NC7=O)CC6)CC5)cc4)n3)C2)C1O. The lowest BCUT2D eigenvalue weighted by Gasteiger charge is -2.39. The number of benzene rings is 2. The third-order valence-corrected chi connectivity index (χ3v) is 13.9. The van der Waals surface area contributed by atoms with Crippen molar-refractivity contribution in [2.24, 2.45) is 18.7 Å². The molecule has 0 spiro atoms. The molecule has 0 saturated carbocycles. The minimum atomic E-state index is -0.687. The van der Waals surface area contributed by atoms with Gasteiger partial charge in [-0.2, -0.15) is 0 Å². The highest BCUT2D eigenvalue weighted by Crippen LogP contribution is 2.33. The fourth-order valence-corrected chi connectivity index (χ4v) is 10.3. The van der Waals surface area contributed by atoms with Crippen LogP contribution in [-0.2, 0) is 16.6 Å². The Kier molecular flexibility index (Phi) is 11.6. The van der Waals surface area contributed by atoms with Gasteiger partial charge in [-0.15, -0.1) is 0 Å². The number of piperidine rings is 4. The van der Waals surface area contributed by atoms with Crippen molar-refractivity contribution in [3.8, 4) is 0 Å². The zero-order chi connectivity index (χ0) is 42.4. The lowest BCUT2D eigenvalue weighted by molar-refractivity contribution is -0.135. The molecule has 3 unspecified atom stereocenters. The van der Waals surface area contributed by atoms with Crippen LogP contribution >= 0.6 is 0 Å². The summed E-state index contributed by atoms with van der Waals surface area (Å²) in [5.41, 5.74) is 10.3. The smallest absolute Gasteiger partial charge is 0.329 e. The van der Waals surface area contributed by atoms with E-state index in [1.807, 2.05) is 30.1 Å². The topological polar surface area (TPSA) is 190 Å². The van der Waals surface area contributed by atoms with E-state index >= 15 is 0 Å². The van der Waals surface area contributed by atoms with Crippen LogP contribution in [0.15, 0.2) is 53.5 Å². The van der Waals surface area contributed by atoms with Gasteiger partial charge in [0.15, 0.2) is 17.9 Å². The van der Waals surface area contributed by atoms with Crippen molar-refractivity contribution in [2.75, 3.05) is 81.1 Å². The predicted octanol–water partition coefficient (Wildman–Crippen LogP) is 2.54. The van der Waals surface area contributed by atoms with Gasteiger partial charge in [0.25, 0.3) is 5.91 Å². The van der Waals surface area contributed by atoms with Gasteiger partial charge in [0, 0.05) is 76.7 Å². The number of likely N-dealkylation sites (N-methyl/N-ethyl adjacent to an activating group) is 1.